The number of amidine groups is 1. The molecule has 3 rings (SSSR count). The van der Waals surface area contributed by atoms with Gasteiger partial charge in [0.2, 0.25) is 0 Å². The molecule has 2 aliphatic heterocycles. The summed E-state index contributed by atoms with van der Waals surface area (Å²) in [6.07, 6.45) is 0.560. The molecule has 0 bridgehead atoms. The van der Waals surface area contributed by atoms with Crippen molar-refractivity contribution in [2.45, 2.75) is 32.0 Å². The maximum atomic E-state index is 11.5. The lowest BCUT2D eigenvalue weighted by Crippen LogP contribution is -2.40. The highest BCUT2D eigenvalue weighted by Gasteiger charge is 2.37. The molecule has 1 aromatic rings. The van der Waals surface area contributed by atoms with Gasteiger partial charge in [0, 0.05) is 25.6 Å². The number of carbonyl (C=O) groups excluding carboxylic acids is 1. The molecular weight excluding hydrogens is 266 g/mol. The van der Waals surface area contributed by atoms with Gasteiger partial charge in [0.25, 0.3) is 11.9 Å². The van der Waals surface area contributed by atoms with E-state index in [1.54, 1.807) is 0 Å². The Balaban J connectivity index is 1.57. The molecule has 2 unspecified atom stereocenters. The minimum absolute atomic E-state index is 0.0748. The summed E-state index contributed by atoms with van der Waals surface area (Å²) in [4.78, 5) is 19.8. The molecular formula is C16H21N3O2. The van der Waals surface area contributed by atoms with Crippen LogP contribution in [0.25, 0.3) is 0 Å². The molecule has 0 aromatic heterocycles. The number of aliphatic imine (C=N–C) groups is 1. The third kappa shape index (κ3) is 3.24. The van der Waals surface area contributed by atoms with E-state index in [0.717, 1.165) is 19.6 Å². The van der Waals surface area contributed by atoms with E-state index in [-0.39, 0.29) is 18.1 Å². The van der Waals surface area contributed by atoms with E-state index in [0.29, 0.717) is 12.4 Å². The van der Waals surface area contributed by atoms with Crippen molar-refractivity contribution in [3.63, 3.8) is 0 Å². The molecule has 21 heavy (non-hydrogen) atoms. The summed E-state index contributed by atoms with van der Waals surface area (Å²) in [6.45, 7) is 4.57. The first-order valence-electron chi connectivity index (χ1n) is 7.39. The van der Waals surface area contributed by atoms with Crippen molar-refractivity contribution < 1.29 is 9.53 Å². The summed E-state index contributed by atoms with van der Waals surface area (Å²) >= 11 is 0. The van der Waals surface area contributed by atoms with Crippen molar-refractivity contribution in [1.82, 2.24) is 9.80 Å². The molecule has 0 saturated carbocycles. The first-order valence-corrected chi connectivity index (χ1v) is 7.39. The lowest BCUT2D eigenvalue weighted by Gasteiger charge is -2.26. The average Bonchev–Trinajstić information content (AvgIpc) is 2.82. The van der Waals surface area contributed by atoms with Gasteiger partial charge in [-0.1, -0.05) is 30.3 Å². The largest absolute Gasteiger partial charge is 0.458 e. The topological polar surface area (TPSA) is 45.1 Å². The van der Waals surface area contributed by atoms with Crippen molar-refractivity contribution in [2.75, 3.05) is 20.1 Å². The number of carbonyl (C=O) groups is 1. The van der Waals surface area contributed by atoms with E-state index in [4.69, 9.17) is 4.74 Å². The van der Waals surface area contributed by atoms with Crippen molar-refractivity contribution in [1.29, 1.82) is 0 Å². The minimum Gasteiger partial charge on any atom is -0.458 e. The zero-order valence-electron chi connectivity index (χ0n) is 12.5. The average molecular weight is 287 g/mol. The van der Waals surface area contributed by atoms with Gasteiger partial charge in [0.15, 0.2) is 0 Å². The number of rotatable bonds is 4. The van der Waals surface area contributed by atoms with E-state index in [1.165, 1.54) is 5.56 Å². The van der Waals surface area contributed by atoms with E-state index in [1.807, 2.05) is 13.0 Å². The second kappa shape index (κ2) is 5.85. The maximum absolute atomic E-state index is 11.5. The molecule has 2 heterocycles. The zero-order valence-corrected chi connectivity index (χ0v) is 12.5. The van der Waals surface area contributed by atoms with E-state index in [9.17, 15) is 4.79 Å². The monoisotopic (exact) mass is 287 g/mol. The Labute approximate surface area is 125 Å². The predicted octanol–water partition coefficient (Wildman–Crippen LogP) is 1.49. The lowest BCUT2D eigenvalue weighted by atomic mass is 10.1. The third-order valence-corrected chi connectivity index (χ3v) is 3.95. The van der Waals surface area contributed by atoms with Crippen molar-refractivity contribution in [3.05, 3.63) is 35.9 Å². The standard InChI is InChI=1S/C16H21N3O2/c1-12-8-15(20)17-16-19(12)11-14(21-16)10-18(2)9-13-6-4-3-5-7-13/h3-7,12,14H,8-11H2,1-2H3. The number of ether oxygens (including phenoxy) is 1. The predicted molar refractivity (Wildman–Crippen MR) is 80.9 cm³/mol. The summed E-state index contributed by atoms with van der Waals surface area (Å²) in [5.74, 6) is -0.0768. The molecule has 1 amide bonds. The SMILES string of the molecule is CC1CC(=O)N=C2OC(CN(C)Cc3ccccc3)CN21. The quantitative estimate of drug-likeness (QED) is 0.842. The number of hydrogen-bond donors (Lipinski definition) is 0. The summed E-state index contributed by atoms with van der Waals surface area (Å²) in [5.41, 5.74) is 1.29. The molecule has 1 fully saturated rings. The summed E-state index contributed by atoms with van der Waals surface area (Å²) in [7, 11) is 2.09. The van der Waals surface area contributed by atoms with Crippen molar-refractivity contribution in [2.24, 2.45) is 4.99 Å². The van der Waals surface area contributed by atoms with E-state index >= 15 is 0 Å². The molecule has 1 aromatic carbocycles. The number of hydrogen-bond acceptors (Lipinski definition) is 4. The second-order valence-corrected chi connectivity index (χ2v) is 5.92. The Morgan fingerprint density at radius 1 is 1.38 bits per heavy atom. The van der Waals surface area contributed by atoms with Crippen LogP contribution in [0.1, 0.15) is 18.9 Å². The third-order valence-electron chi connectivity index (χ3n) is 3.95. The first-order chi connectivity index (χ1) is 10.1. The molecule has 0 spiro atoms. The molecule has 0 radical (unpaired) electrons. The minimum atomic E-state index is -0.0768. The molecule has 2 aliphatic rings. The van der Waals surface area contributed by atoms with Crippen LogP contribution < -0.4 is 0 Å². The van der Waals surface area contributed by atoms with Gasteiger partial charge in [-0.05, 0) is 19.5 Å². The number of benzene rings is 1. The van der Waals surface area contributed by atoms with Crippen LogP contribution in [0, 0.1) is 0 Å². The fourth-order valence-electron chi connectivity index (χ4n) is 2.93. The van der Waals surface area contributed by atoms with Gasteiger partial charge in [0.1, 0.15) is 6.10 Å². The van der Waals surface area contributed by atoms with Crippen LogP contribution in [-0.2, 0) is 16.1 Å². The maximum Gasteiger partial charge on any atom is 0.296 e. The van der Waals surface area contributed by atoms with E-state index < -0.39 is 0 Å². The molecule has 2 atom stereocenters. The number of nitrogens with zero attached hydrogens (tertiary/aromatic N) is 3. The Morgan fingerprint density at radius 3 is 2.90 bits per heavy atom. The van der Waals surface area contributed by atoms with Crippen LogP contribution >= 0.6 is 0 Å². The van der Waals surface area contributed by atoms with Gasteiger partial charge in [-0.25, -0.2) is 0 Å². The van der Waals surface area contributed by atoms with Crippen LogP contribution in [0.4, 0.5) is 0 Å². The number of fused-ring (bicyclic) bond motifs is 1. The fraction of sp³-hybridized carbons (Fsp3) is 0.500. The second-order valence-electron chi connectivity index (χ2n) is 5.92. The van der Waals surface area contributed by atoms with Gasteiger partial charge in [-0.3, -0.25) is 9.69 Å². The normalized spacial score (nSPS) is 24.8. The highest BCUT2D eigenvalue weighted by atomic mass is 16.5. The summed E-state index contributed by atoms with van der Waals surface area (Å²) < 4.78 is 5.83. The molecule has 0 aliphatic carbocycles. The summed E-state index contributed by atoms with van der Waals surface area (Å²) in [6, 6.07) is 11.1. The molecule has 5 nitrogen and oxygen atoms in total. The molecule has 112 valence electrons. The first kappa shape index (κ1) is 14.1. The zero-order chi connectivity index (χ0) is 14.8. The number of likely N-dealkylation sites (N-methyl/N-ethyl adjacent to an activating group) is 1. The van der Waals surface area contributed by atoms with Gasteiger partial charge in [-0.2, -0.15) is 4.99 Å². The van der Waals surface area contributed by atoms with Crippen LogP contribution in [0.3, 0.4) is 0 Å². The van der Waals surface area contributed by atoms with E-state index in [2.05, 4.69) is 46.1 Å². The van der Waals surface area contributed by atoms with Gasteiger partial charge >= 0.3 is 0 Å². The highest BCUT2D eigenvalue weighted by molar-refractivity contribution is 5.94. The van der Waals surface area contributed by atoms with Crippen LogP contribution in [0.15, 0.2) is 35.3 Å². The fourth-order valence-corrected chi connectivity index (χ4v) is 2.93. The van der Waals surface area contributed by atoms with Crippen molar-refractivity contribution >= 4 is 11.9 Å². The molecule has 5 heteroatoms. The Bertz CT molecular complexity index is 544. The summed E-state index contributed by atoms with van der Waals surface area (Å²) in [5, 5.41) is 0. The van der Waals surface area contributed by atoms with Gasteiger partial charge in [-0.15, -0.1) is 0 Å². The Hall–Kier alpha value is -1.88. The Morgan fingerprint density at radius 2 is 2.14 bits per heavy atom. The van der Waals surface area contributed by atoms with Crippen LogP contribution in [-0.4, -0.2) is 54.0 Å². The van der Waals surface area contributed by atoms with Crippen molar-refractivity contribution in [3.8, 4) is 0 Å². The molecule has 0 N–H and O–H groups in total. The number of amides is 1. The smallest absolute Gasteiger partial charge is 0.296 e. The Kier molecular flexibility index (Phi) is 3.92. The van der Waals surface area contributed by atoms with Crippen LogP contribution in [0.5, 0.6) is 0 Å². The van der Waals surface area contributed by atoms with Gasteiger partial charge < -0.3 is 9.64 Å². The highest BCUT2D eigenvalue weighted by Crippen LogP contribution is 2.21. The van der Waals surface area contributed by atoms with Gasteiger partial charge in [0.05, 0.1) is 6.54 Å². The lowest BCUT2D eigenvalue weighted by molar-refractivity contribution is -0.119. The van der Waals surface area contributed by atoms with Crippen LogP contribution in [0.2, 0.25) is 0 Å². The molecule has 1 saturated heterocycles.